The van der Waals surface area contributed by atoms with Crippen LogP contribution in [0, 0.1) is 5.92 Å². The Bertz CT molecular complexity index is 1280. The Kier molecular flexibility index (Phi) is 5.22. The molecule has 1 aliphatic heterocycles. The predicted octanol–water partition coefficient (Wildman–Crippen LogP) is 6.49. The van der Waals surface area contributed by atoms with Crippen molar-refractivity contribution in [2.45, 2.75) is 39.8 Å². The van der Waals surface area contributed by atoms with E-state index in [1.807, 2.05) is 6.20 Å². The summed E-state index contributed by atoms with van der Waals surface area (Å²) in [4.78, 5) is 7.91. The molecule has 4 heteroatoms. The molecule has 4 nitrogen and oxygen atoms in total. The van der Waals surface area contributed by atoms with E-state index < -0.39 is 0 Å². The van der Waals surface area contributed by atoms with E-state index in [1.54, 1.807) is 0 Å². The minimum atomic E-state index is 0.296. The van der Waals surface area contributed by atoms with E-state index in [4.69, 9.17) is 0 Å². The van der Waals surface area contributed by atoms with Gasteiger partial charge >= 0.3 is 0 Å². The topological polar surface area (TPSA) is 52.7 Å². The van der Waals surface area contributed by atoms with Crippen molar-refractivity contribution in [2.75, 3.05) is 0 Å². The second-order valence-electron chi connectivity index (χ2n) is 9.28. The first-order valence-electron chi connectivity index (χ1n) is 11.4. The minimum absolute atomic E-state index is 0.296. The third kappa shape index (κ3) is 3.89. The zero-order valence-electron chi connectivity index (χ0n) is 19.1. The lowest BCUT2D eigenvalue weighted by atomic mass is 9.98. The molecule has 0 fully saturated rings. The zero-order chi connectivity index (χ0) is 22.2. The molecule has 3 N–H and O–H groups in total. The molecular formula is C28H30N4. The van der Waals surface area contributed by atoms with E-state index in [1.165, 1.54) is 27.5 Å². The van der Waals surface area contributed by atoms with Crippen LogP contribution in [-0.2, 0) is 0 Å². The van der Waals surface area contributed by atoms with Gasteiger partial charge in [-0.3, -0.25) is 0 Å². The van der Waals surface area contributed by atoms with Crippen molar-refractivity contribution in [3.63, 3.8) is 0 Å². The Morgan fingerprint density at radius 3 is 2.00 bits per heavy atom. The summed E-state index contributed by atoms with van der Waals surface area (Å²) in [6.45, 7) is 8.73. The molecule has 0 aliphatic carbocycles. The number of aromatic nitrogens is 2. The number of imidazole rings is 1. The molecule has 1 aromatic heterocycles. The fourth-order valence-electron chi connectivity index (χ4n) is 4.16. The van der Waals surface area contributed by atoms with E-state index >= 15 is 0 Å². The van der Waals surface area contributed by atoms with Gasteiger partial charge in [-0.05, 0) is 51.1 Å². The lowest BCUT2D eigenvalue weighted by Gasteiger charge is -2.17. The summed E-state index contributed by atoms with van der Waals surface area (Å²) >= 11 is 0. The summed E-state index contributed by atoms with van der Waals surface area (Å²) in [5, 5.41) is 9.50. The molecule has 162 valence electrons. The summed E-state index contributed by atoms with van der Waals surface area (Å²) in [6, 6.07) is 22.1. The highest BCUT2D eigenvalue weighted by Crippen LogP contribution is 2.29. The molecule has 0 saturated carbocycles. The van der Waals surface area contributed by atoms with Gasteiger partial charge in [0, 0.05) is 12.1 Å². The van der Waals surface area contributed by atoms with Crippen LogP contribution in [-0.4, -0.2) is 16.1 Å². The first-order chi connectivity index (χ1) is 15.5. The molecule has 0 spiro atoms. The highest BCUT2D eigenvalue weighted by atomic mass is 15.2. The monoisotopic (exact) mass is 422 g/mol. The molecule has 0 amide bonds. The van der Waals surface area contributed by atoms with Crippen molar-refractivity contribution >= 4 is 16.5 Å². The van der Waals surface area contributed by atoms with Gasteiger partial charge in [0.25, 0.3) is 0 Å². The number of rotatable bonds is 5. The summed E-state index contributed by atoms with van der Waals surface area (Å²) in [5.74, 6) is 1.95. The fourth-order valence-corrected chi connectivity index (χ4v) is 4.16. The largest absolute Gasteiger partial charge is 0.369 e. The van der Waals surface area contributed by atoms with Crippen molar-refractivity contribution in [3.8, 4) is 22.4 Å². The van der Waals surface area contributed by atoms with Gasteiger partial charge in [0.05, 0.1) is 23.8 Å². The quantitative estimate of drug-likeness (QED) is 0.344. The average Bonchev–Trinajstić information content (AvgIpc) is 3.49. The zero-order valence-corrected chi connectivity index (χ0v) is 19.1. The normalized spacial score (nSPS) is 15.8. The lowest BCUT2D eigenvalue weighted by molar-refractivity contribution is 0.430. The molecule has 2 heterocycles. The molecule has 32 heavy (non-hydrogen) atoms. The first kappa shape index (κ1) is 20.4. The standard InChI is InChI=1S/C28H30N4/c1-17(2)27-29-15-25(31-27)20-7-5-19(6-8-20)21-9-10-23-14-24(12-11-22(23)13-21)26-16-30-28(32-26)18(3)4/h5-18,28,30,32H,1-4H3,(H,29,31). The average molecular weight is 423 g/mol. The molecule has 0 radical (unpaired) electrons. The Labute approximate surface area is 189 Å². The van der Waals surface area contributed by atoms with Crippen molar-refractivity contribution in [1.82, 2.24) is 20.6 Å². The summed E-state index contributed by atoms with van der Waals surface area (Å²) < 4.78 is 0. The third-order valence-electron chi connectivity index (χ3n) is 6.21. The smallest absolute Gasteiger partial charge is 0.109 e. The van der Waals surface area contributed by atoms with E-state index in [2.05, 4.69) is 115 Å². The van der Waals surface area contributed by atoms with Crippen LogP contribution in [0.5, 0.6) is 0 Å². The SMILES string of the molecule is CC(C)c1ncc(-c2ccc(-c3ccc4cc(C5=CNC(C(C)C)N5)ccc4c3)cc2)[nH]1. The van der Waals surface area contributed by atoms with Crippen LogP contribution >= 0.6 is 0 Å². The molecule has 0 bridgehead atoms. The van der Waals surface area contributed by atoms with Crippen molar-refractivity contribution in [1.29, 1.82) is 0 Å². The van der Waals surface area contributed by atoms with Gasteiger partial charge in [0.1, 0.15) is 5.82 Å². The Hall–Kier alpha value is -3.53. The van der Waals surface area contributed by atoms with Gasteiger partial charge in [-0.15, -0.1) is 0 Å². The van der Waals surface area contributed by atoms with E-state index in [-0.39, 0.29) is 0 Å². The molecule has 1 atom stereocenters. The fraction of sp³-hybridized carbons (Fsp3) is 0.250. The van der Waals surface area contributed by atoms with Crippen LogP contribution in [0.25, 0.3) is 38.9 Å². The second-order valence-corrected chi connectivity index (χ2v) is 9.28. The molecule has 1 aliphatic rings. The summed E-state index contributed by atoms with van der Waals surface area (Å²) in [6.07, 6.45) is 4.31. The number of aromatic amines is 1. The van der Waals surface area contributed by atoms with Crippen molar-refractivity contribution < 1.29 is 0 Å². The summed E-state index contributed by atoms with van der Waals surface area (Å²) in [7, 11) is 0. The van der Waals surface area contributed by atoms with Crippen LogP contribution in [0.2, 0.25) is 0 Å². The lowest BCUT2D eigenvalue weighted by Crippen LogP contribution is -2.36. The van der Waals surface area contributed by atoms with Gasteiger partial charge in [-0.2, -0.15) is 0 Å². The number of fused-ring (bicyclic) bond motifs is 1. The Morgan fingerprint density at radius 2 is 1.38 bits per heavy atom. The van der Waals surface area contributed by atoms with E-state index in [0.29, 0.717) is 18.0 Å². The Balaban J connectivity index is 1.38. The number of nitrogens with zero attached hydrogens (tertiary/aromatic N) is 1. The minimum Gasteiger partial charge on any atom is -0.369 e. The molecule has 1 unspecified atom stereocenters. The maximum absolute atomic E-state index is 4.49. The number of hydrogen-bond acceptors (Lipinski definition) is 3. The second kappa shape index (κ2) is 8.19. The van der Waals surface area contributed by atoms with E-state index in [0.717, 1.165) is 22.8 Å². The maximum atomic E-state index is 4.49. The third-order valence-corrected chi connectivity index (χ3v) is 6.21. The molecule has 3 aromatic carbocycles. The molecular weight excluding hydrogens is 392 g/mol. The predicted molar refractivity (Wildman–Crippen MR) is 134 cm³/mol. The van der Waals surface area contributed by atoms with Gasteiger partial charge < -0.3 is 15.6 Å². The first-order valence-corrected chi connectivity index (χ1v) is 11.4. The highest BCUT2D eigenvalue weighted by molar-refractivity contribution is 5.90. The number of hydrogen-bond donors (Lipinski definition) is 3. The highest BCUT2D eigenvalue weighted by Gasteiger charge is 2.19. The van der Waals surface area contributed by atoms with Gasteiger partial charge in [0.15, 0.2) is 0 Å². The van der Waals surface area contributed by atoms with Crippen molar-refractivity contribution in [3.05, 3.63) is 84.4 Å². The number of benzene rings is 3. The van der Waals surface area contributed by atoms with Gasteiger partial charge in [0.2, 0.25) is 0 Å². The van der Waals surface area contributed by atoms with Gasteiger partial charge in [-0.25, -0.2) is 4.98 Å². The van der Waals surface area contributed by atoms with Crippen LogP contribution < -0.4 is 10.6 Å². The van der Waals surface area contributed by atoms with Crippen LogP contribution in [0.4, 0.5) is 0 Å². The number of nitrogens with one attached hydrogen (secondary N) is 3. The van der Waals surface area contributed by atoms with Crippen LogP contribution in [0.1, 0.15) is 45.0 Å². The summed E-state index contributed by atoms with van der Waals surface area (Å²) in [5.41, 5.74) is 7.03. The number of H-pyrrole nitrogens is 1. The molecule has 4 aromatic rings. The van der Waals surface area contributed by atoms with Crippen LogP contribution in [0.3, 0.4) is 0 Å². The van der Waals surface area contributed by atoms with Crippen LogP contribution in [0.15, 0.2) is 73.1 Å². The van der Waals surface area contributed by atoms with Gasteiger partial charge in [-0.1, -0.05) is 76.2 Å². The van der Waals surface area contributed by atoms with Crippen molar-refractivity contribution in [2.24, 2.45) is 5.92 Å². The Morgan fingerprint density at radius 1 is 0.750 bits per heavy atom. The molecule has 5 rings (SSSR count). The van der Waals surface area contributed by atoms with E-state index in [9.17, 15) is 0 Å². The maximum Gasteiger partial charge on any atom is 0.109 e. The molecule has 0 saturated heterocycles.